The fourth-order valence-corrected chi connectivity index (χ4v) is 4.58. The molecule has 2 heterocycles. The van der Waals surface area contributed by atoms with Crippen LogP contribution in [0.5, 0.6) is 0 Å². The van der Waals surface area contributed by atoms with Crippen LogP contribution in [0.2, 0.25) is 0 Å². The highest BCUT2D eigenvalue weighted by atomic mass is 32.1. The number of nitrogens with two attached hydrogens (primary N) is 1. The summed E-state index contributed by atoms with van der Waals surface area (Å²) in [6.45, 7) is 5.50. The van der Waals surface area contributed by atoms with Gasteiger partial charge in [-0.1, -0.05) is 12.1 Å². The zero-order chi connectivity index (χ0) is 14.5. The number of carbonyl (C=O) groups is 1. The number of nitrogens with zero attached hydrogens (tertiary/aromatic N) is 1. The van der Waals surface area contributed by atoms with Crippen LogP contribution in [0, 0.1) is 0 Å². The monoisotopic (exact) mass is 288 g/mol. The lowest BCUT2D eigenvalue weighted by Crippen LogP contribution is -2.39. The quantitative estimate of drug-likeness (QED) is 0.923. The number of benzene rings is 1. The van der Waals surface area contributed by atoms with Crippen LogP contribution >= 0.6 is 11.3 Å². The van der Waals surface area contributed by atoms with Gasteiger partial charge in [-0.2, -0.15) is 0 Å². The van der Waals surface area contributed by atoms with E-state index in [1.807, 2.05) is 0 Å². The predicted octanol–water partition coefficient (Wildman–Crippen LogP) is 2.65. The van der Waals surface area contributed by atoms with E-state index in [9.17, 15) is 4.79 Å². The molecule has 20 heavy (non-hydrogen) atoms. The number of carbonyl (C=O) groups excluding carboxylic acids is 1. The zero-order valence-corrected chi connectivity index (χ0v) is 13.0. The number of thiophene rings is 1. The van der Waals surface area contributed by atoms with Crippen LogP contribution in [0.1, 0.15) is 29.9 Å². The first-order valence-corrected chi connectivity index (χ1v) is 7.76. The van der Waals surface area contributed by atoms with E-state index >= 15 is 0 Å². The lowest BCUT2D eigenvalue weighted by Gasteiger charge is -2.35. The molecular formula is C16H20N2OS. The van der Waals surface area contributed by atoms with Crippen molar-refractivity contribution in [2.24, 2.45) is 5.73 Å². The molecule has 0 spiro atoms. The van der Waals surface area contributed by atoms with Gasteiger partial charge in [-0.15, -0.1) is 11.3 Å². The van der Waals surface area contributed by atoms with Crippen molar-refractivity contribution in [3.05, 3.63) is 34.2 Å². The van der Waals surface area contributed by atoms with Gasteiger partial charge in [0.25, 0.3) is 0 Å². The molecule has 3 rings (SSSR count). The van der Waals surface area contributed by atoms with Crippen LogP contribution in [0.3, 0.4) is 0 Å². The Morgan fingerprint density at radius 1 is 1.45 bits per heavy atom. The Hall–Kier alpha value is -1.39. The zero-order valence-electron chi connectivity index (χ0n) is 12.2. The van der Waals surface area contributed by atoms with Crippen molar-refractivity contribution in [3.8, 4) is 0 Å². The van der Waals surface area contributed by atoms with Gasteiger partial charge in [-0.3, -0.25) is 9.69 Å². The van der Waals surface area contributed by atoms with E-state index < -0.39 is 0 Å². The Labute approximate surface area is 123 Å². The maximum Gasteiger partial charge on any atom is 0.222 e. The largest absolute Gasteiger partial charge is 0.369 e. The van der Waals surface area contributed by atoms with Crippen LogP contribution in [0.15, 0.2) is 18.2 Å². The Balaban J connectivity index is 2.35. The molecule has 2 aromatic rings. The van der Waals surface area contributed by atoms with Gasteiger partial charge in [0.05, 0.1) is 6.42 Å². The summed E-state index contributed by atoms with van der Waals surface area (Å²) in [5.41, 5.74) is 8.06. The number of amides is 1. The summed E-state index contributed by atoms with van der Waals surface area (Å²) < 4.78 is 1.28. The number of rotatable bonds is 2. The molecule has 0 atom stereocenters. The Bertz CT molecular complexity index is 687. The average molecular weight is 288 g/mol. The van der Waals surface area contributed by atoms with Crippen molar-refractivity contribution < 1.29 is 4.79 Å². The van der Waals surface area contributed by atoms with Crippen LogP contribution in [0.25, 0.3) is 10.1 Å². The van der Waals surface area contributed by atoms with E-state index in [0.29, 0.717) is 6.42 Å². The van der Waals surface area contributed by atoms with Gasteiger partial charge in [0.1, 0.15) is 0 Å². The molecule has 1 aromatic carbocycles. The summed E-state index contributed by atoms with van der Waals surface area (Å²) >= 11 is 1.72. The van der Waals surface area contributed by atoms with Gasteiger partial charge < -0.3 is 5.73 Å². The second kappa shape index (κ2) is 4.57. The molecule has 0 aliphatic carbocycles. The van der Waals surface area contributed by atoms with Crippen molar-refractivity contribution in [2.45, 2.75) is 32.2 Å². The standard InChI is InChI=1S/C16H20N2OS/c1-16(2)15-12(9-13(17)19)20-11-6-4-5-10(14(11)15)7-8-18(16)3/h4-6H,7-9H2,1-3H3,(H2,17,19). The maximum atomic E-state index is 11.4. The highest BCUT2D eigenvalue weighted by Gasteiger charge is 2.34. The van der Waals surface area contributed by atoms with Crippen LogP contribution in [-0.2, 0) is 23.2 Å². The lowest BCUT2D eigenvalue weighted by atomic mass is 9.89. The number of primary amides is 1. The summed E-state index contributed by atoms with van der Waals surface area (Å²) in [6, 6.07) is 6.48. The lowest BCUT2D eigenvalue weighted by molar-refractivity contribution is -0.117. The van der Waals surface area contributed by atoms with Gasteiger partial charge in [-0.05, 0) is 44.5 Å². The highest BCUT2D eigenvalue weighted by molar-refractivity contribution is 7.19. The van der Waals surface area contributed by atoms with Crippen molar-refractivity contribution in [3.63, 3.8) is 0 Å². The summed E-state index contributed by atoms with van der Waals surface area (Å²) in [5.74, 6) is -0.253. The molecule has 2 N–H and O–H groups in total. The summed E-state index contributed by atoms with van der Waals surface area (Å²) in [4.78, 5) is 14.9. The van der Waals surface area contributed by atoms with Crippen LogP contribution < -0.4 is 5.73 Å². The summed E-state index contributed by atoms with van der Waals surface area (Å²) in [5, 5.41) is 1.35. The summed E-state index contributed by atoms with van der Waals surface area (Å²) in [7, 11) is 2.16. The fourth-order valence-electron chi connectivity index (χ4n) is 3.17. The van der Waals surface area contributed by atoms with Gasteiger partial charge in [-0.25, -0.2) is 0 Å². The van der Waals surface area contributed by atoms with Crippen LogP contribution in [-0.4, -0.2) is 24.4 Å². The third kappa shape index (κ3) is 1.95. The number of hydrogen-bond donors (Lipinski definition) is 1. The first kappa shape index (κ1) is 13.6. The van der Waals surface area contributed by atoms with Crippen molar-refractivity contribution in [1.82, 2.24) is 4.90 Å². The second-order valence-electron chi connectivity index (χ2n) is 6.06. The fraction of sp³-hybridized carbons (Fsp3) is 0.438. The van der Waals surface area contributed by atoms with E-state index in [1.165, 1.54) is 21.2 Å². The molecule has 0 radical (unpaired) electrons. The van der Waals surface area contributed by atoms with E-state index in [2.05, 4.69) is 44.0 Å². The molecule has 1 amide bonds. The van der Waals surface area contributed by atoms with Crippen molar-refractivity contribution >= 4 is 27.3 Å². The Morgan fingerprint density at radius 2 is 2.20 bits per heavy atom. The van der Waals surface area contributed by atoms with E-state index in [1.54, 1.807) is 11.3 Å². The molecule has 3 nitrogen and oxygen atoms in total. The van der Waals surface area contributed by atoms with Gasteiger partial charge in [0, 0.05) is 27.0 Å². The molecule has 1 aliphatic heterocycles. The molecule has 4 heteroatoms. The Kier molecular flexibility index (Phi) is 3.10. The maximum absolute atomic E-state index is 11.4. The number of likely N-dealkylation sites (N-methyl/N-ethyl adjacent to an activating group) is 1. The molecule has 0 bridgehead atoms. The smallest absolute Gasteiger partial charge is 0.222 e. The van der Waals surface area contributed by atoms with E-state index in [-0.39, 0.29) is 11.4 Å². The molecule has 0 unspecified atom stereocenters. The number of hydrogen-bond acceptors (Lipinski definition) is 3. The van der Waals surface area contributed by atoms with E-state index in [0.717, 1.165) is 17.8 Å². The highest BCUT2D eigenvalue weighted by Crippen LogP contribution is 2.44. The van der Waals surface area contributed by atoms with Gasteiger partial charge in [0.15, 0.2) is 0 Å². The van der Waals surface area contributed by atoms with Crippen molar-refractivity contribution in [2.75, 3.05) is 13.6 Å². The third-order valence-corrected chi connectivity index (χ3v) is 5.65. The van der Waals surface area contributed by atoms with Crippen LogP contribution in [0.4, 0.5) is 0 Å². The molecule has 1 aromatic heterocycles. The Morgan fingerprint density at radius 3 is 2.90 bits per heavy atom. The third-order valence-electron chi connectivity index (χ3n) is 4.49. The minimum Gasteiger partial charge on any atom is -0.369 e. The molecule has 106 valence electrons. The average Bonchev–Trinajstić information content (AvgIpc) is 2.68. The molecule has 1 aliphatic rings. The SMILES string of the molecule is CN1CCc2cccc3sc(CC(N)=O)c(c23)C1(C)C. The summed E-state index contributed by atoms with van der Waals surface area (Å²) in [6.07, 6.45) is 1.39. The van der Waals surface area contributed by atoms with Gasteiger partial charge in [0.2, 0.25) is 5.91 Å². The molecular weight excluding hydrogens is 268 g/mol. The normalized spacial score (nSPS) is 18.1. The van der Waals surface area contributed by atoms with Crippen molar-refractivity contribution in [1.29, 1.82) is 0 Å². The van der Waals surface area contributed by atoms with Gasteiger partial charge >= 0.3 is 0 Å². The second-order valence-corrected chi connectivity index (χ2v) is 7.20. The molecule has 0 fully saturated rings. The minimum atomic E-state index is -0.253. The predicted molar refractivity (Wildman–Crippen MR) is 84.1 cm³/mol. The topological polar surface area (TPSA) is 46.3 Å². The first-order valence-electron chi connectivity index (χ1n) is 6.94. The first-order chi connectivity index (χ1) is 9.41. The van der Waals surface area contributed by atoms with E-state index in [4.69, 9.17) is 5.73 Å². The minimum absolute atomic E-state index is 0.0738. The molecule has 0 saturated heterocycles. The molecule has 0 saturated carbocycles.